The smallest absolute Gasteiger partial charge is 0.161 e. The molecule has 4 heteroatoms. The molecule has 0 spiro atoms. The summed E-state index contributed by atoms with van der Waals surface area (Å²) in [5, 5.41) is 0. The Balaban J connectivity index is 2.31. The molecule has 0 radical (unpaired) electrons. The molecular weight excluding hydrogens is 248 g/mol. The Labute approximate surface area is 120 Å². The zero-order valence-corrected chi connectivity index (χ0v) is 12.4. The van der Waals surface area contributed by atoms with Crippen LogP contribution in [0.2, 0.25) is 0 Å². The second-order valence-corrected chi connectivity index (χ2v) is 5.36. The highest BCUT2D eigenvalue weighted by Gasteiger charge is 2.06. The molecule has 0 saturated heterocycles. The molecule has 4 nitrogen and oxygen atoms in total. The molecule has 0 atom stereocenters. The number of nitrogens with two attached hydrogens (primary N) is 1. The molecule has 0 saturated carbocycles. The summed E-state index contributed by atoms with van der Waals surface area (Å²) in [6, 6.07) is 10.3. The first-order valence-electron chi connectivity index (χ1n) is 7.06. The minimum Gasteiger partial charge on any atom is -0.308 e. The number of hydrogen-bond donors (Lipinski definition) is 2. The van der Waals surface area contributed by atoms with Crippen molar-refractivity contribution in [2.75, 3.05) is 5.43 Å². The van der Waals surface area contributed by atoms with Crippen LogP contribution in [0.5, 0.6) is 0 Å². The Morgan fingerprint density at radius 3 is 2.40 bits per heavy atom. The molecular formula is C16H22N4. The predicted molar refractivity (Wildman–Crippen MR) is 83.2 cm³/mol. The van der Waals surface area contributed by atoms with Crippen LogP contribution in [0, 0.1) is 5.92 Å². The van der Waals surface area contributed by atoms with E-state index < -0.39 is 0 Å². The van der Waals surface area contributed by atoms with Crippen molar-refractivity contribution in [1.82, 2.24) is 9.97 Å². The molecule has 0 bridgehead atoms. The predicted octanol–water partition coefficient (Wildman–Crippen LogP) is 3.19. The molecule has 2 aromatic rings. The summed E-state index contributed by atoms with van der Waals surface area (Å²) in [7, 11) is 0. The molecule has 2 rings (SSSR count). The lowest BCUT2D eigenvalue weighted by molar-refractivity contribution is 0.647. The van der Waals surface area contributed by atoms with Crippen LogP contribution in [0.15, 0.2) is 30.3 Å². The minimum atomic E-state index is 0.651. The van der Waals surface area contributed by atoms with Gasteiger partial charge in [0.1, 0.15) is 5.82 Å². The van der Waals surface area contributed by atoms with Crippen molar-refractivity contribution in [2.24, 2.45) is 11.8 Å². The van der Waals surface area contributed by atoms with Crippen molar-refractivity contribution in [3.8, 4) is 11.4 Å². The van der Waals surface area contributed by atoms with E-state index in [-0.39, 0.29) is 0 Å². The maximum atomic E-state index is 5.46. The highest BCUT2D eigenvalue weighted by atomic mass is 15.3. The number of benzene rings is 1. The summed E-state index contributed by atoms with van der Waals surface area (Å²) in [6.45, 7) is 6.51. The first-order chi connectivity index (χ1) is 9.62. The molecule has 106 valence electrons. The summed E-state index contributed by atoms with van der Waals surface area (Å²) >= 11 is 0. The number of rotatable bonds is 5. The summed E-state index contributed by atoms with van der Waals surface area (Å²) in [6.07, 6.45) is 1.95. The number of nitrogen functional groups attached to an aromatic ring is 1. The third-order valence-electron chi connectivity index (χ3n) is 3.15. The fourth-order valence-corrected chi connectivity index (χ4v) is 2.14. The number of aryl methyl sites for hydroxylation is 1. The zero-order chi connectivity index (χ0) is 14.5. The van der Waals surface area contributed by atoms with Gasteiger partial charge in [-0.15, -0.1) is 0 Å². The topological polar surface area (TPSA) is 63.8 Å². The van der Waals surface area contributed by atoms with Gasteiger partial charge in [0.25, 0.3) is 0 Å². The van der Waals surface area contributed by atoms with Crippen LogP contribution < -0.4 is 11.3 Å². The van der Waals surface area contributed by atoms with Gasteiger partial charge in [-0.3, -0.25) is 0 Å². The fourth-order valence-electron chi connectivity index (χ4n) is 2.14. The maximum absolute atomic E-state index is 5.46. The van der Waals surface area contributed by atoms with Gasteiger partial charge in [-0.05, 0) is 24.3 Å². The number of hydrazine groups is 1. The van der Waals surface area contributed by atoms with Crippen molar-refractivity contribution >= 4 is 5.82 Å². The van der Waals surface area contributed by atoms with Gasteiger partial charge in [-0.25, -0.2) is 15.8 Å². The average molecular weight is 270 g/mol. The molecule has 1 heterocycles. The van der Waals surface area contributed by atoms with Gasteiger partial charge in [0, 0.05) is 17.3 Å². The highest BCUT2D eigenvalue weighted by Crippen LogP contribution is 2.19. The summed E-state index contributed by atoms with van der Waals surface area (Å²) in [5.74, 6) is 7.49. The number of nitrogens with zero attached hydrogens (tertiary/aromatic N) is 2. The standard InChI is InChI=1S/C16H22N4/c1-4-14-10-15(20-17)19-16(18-14)13-7-5-12(6-8-13)9-11(2)3/h5-8,10-11H,4,9,17H2,1-3H3,(H,18,19,20). The second kappa shape index (κ2) is 6.48. The molecule has 0 aliphatic rings. The third-order valence-corrected chi connectivity index (χ3v) is 3.15. The van der Waals surface area contributed by atoms with Gasteiger partial charge in [-0.2, -0.15) is 0 Å². The van der Waals surface area contributed by atoms with Gasteiger partial charge in [-0.1, -0.05) is 45.0 Å². The van der Waals surface area contributed by atoms with Crippen molar-refractivity contribution in [3.05, 3.63) is 41.6 Å². The monoisotopic (exact) mass is 270 g/mol. The van der Waals surface area contributed by atoms with Crippen molar-refractivity contribution in [3.63, 3.8) is 0 Å². The van der Waals surface area contributed by atoms with E-state index in [0.717, 1.165) is 24.1 Å². The van der Waals surface area contributed by atoms with Crippen LogP contribution in [-0.2, 0) is 12.8 Å². The lowest BCUT2D eigenvalue weighted by Gasteiger charge is -2.08. The minimum absolute atomic E-state index is 0.651. The molecule has 0 fully saturated rings. The number of nitrogens with one attached hydrogen (secondary N) is 1. The van der Waals surface area contributed by atoms with E-state index in [1.165, 1.54) is 5.56 Å². The van der Waals surface area contributed by atoms with E-state index in [9.17, 15) is 0 Å². The molecule has 0 unspecified atom stereocenters. The quantitative estimate of drug-likeness (QED) is 0.647. The van der Waals surface area contributed by atoms with Crippen LogP contribution in [0.3, 0.4) is 0 Å². The summed E-state index contributed by atoms with van der Waals surface area (Å²) in [4.78, 5) is 8.97. The lowest BCUT2D eigenvalue weighted by atomic mass is 10.0. The highest BCUT2D eigenvalue weighted by molar-refractivity contribution is 5.58. The van der Waals surface area contributed by atoms with E-state index in [4.69, 9.17) is 5.84 Å². The van der Waals surface area contributed by atoms with E-state index in [2.05, 4.69) is 60.4 Å². The largest absolute Gasteiger partial charge is 0.308 e. The molecule has 0 amide bonds. The van der Waals surface area contributed by atoms with Crippen LogP contribution >= 0.6 is 0 Å². The van der Waals surface area contributed by atoms with Gasteiger partial charge in [0.2, 0.25) is 0 Å². The van der Waals surface area contributed by atoms with Crippen molar-refractivity contribution in [1.29, 1.82) is 0 Å². The van der Waals surface area contributed by atoms with Crippen molar-refractivity contribution in [2.45, 2.75) is 33.6 Å². The van der Waals surface area contributed by atoms with Gasteiger partial charge < -0.3 is 5.43 Å². The Kier molecular flexibility index (Phi) is 4.69. The lowest BCUT2D eigenvalue weighted by Crippen LogP contribution is -2.10. The second-order valence-electron chi connectivity index (χ2n) is 5.36. The normalized spacial score (nSPS) is 10.8. The number of aromatic nitrogens is 2. The molecule has 1 aromatic carbocycles. The number of anilines is 1. The maximum Gasteiger partial charge on any atom is 0.161 e. The Morgan fingerprint density at radius 2 is 1.85 bits per heavy atom. The Morgan fingerprint density at radius 1 is 1.15 bits per heavy atom. The van der Waals surface area contributed by atoms with Crippen LogP contribution in [-0.4, -0.2) is 9.97 Å². The Bertz CT molecular complexity index is 539. The van der Waals surface area contributed by atoms with E-state index in [0.29, 0.717) is 17.6 Å². The van der Waals surface area contributed by atoms with Crippen LogP contribution in [0.4, 0.5) is 5.82 Å². The SMILES string of the molecule is CCc1cc(NN)nc(-c2ccc(CC(C)C)cc2)n1. The molecule has 0 aliphatic heterocycles. The first kappa shape index (κ1) is 14.5. The van der Waals surface area contributed by atoms with Crippen LogP contribution in [0.25, 0.3) is 11.4 Å². The van der Waals surface area contributed by atoms with Gasteiger partial charge in [0.15, 0.2) is 5.82 Å². The molecule has 1 aromatic heterocycles. The molecule has 0 aliphatic carbocycles. The van der Waals surface area contributed by atoms with Gasteiger partial charge >= 0.3 is 0 Å². The van der Waals surface area contributed by atoms with Gasteiger partial charge in [0.05, 0.1) is 0 Å². The summed E-state index contributed by atoms with van der Waals surface area (Å²) < 4.78 is 0. The van der Waals surface area contributed by atoms with Crippen LogP contribution in [0.1, 0.15) is 32.0 Å². The van der Waals surface area contributed by atoms with E-state index >= 15 is 0 Å². The first-order valence-corrected chi connectivity index (χ1v) is 7.06. The number of hydrogen-bond acceptors (Lipinski definition) is 4. The molecule has 20 heavy (non-hydrogen) atoms. The van der Waals surface area contributed by atoms with Crippen molar-refractivity contribution < 1.29 is 0 Å². The van der Waals surface area contributed by atoms with E-state index in [1.54, 1.807) is 0 Å². The molecule has 3 N–H and O–H groups in total. The third kappa shape index (κ3) is 3.54. The zero-order valence-electron chi connectivity index (χ0n) is 12.4. The summed E-state index contributed by atoms with van der Waals surface area (Å²) in [5.41, 5.74) is 5.94. The average Bonchev–Trinajstić information content (AvgIpc) is 2.46. The Hall–Kier alpha value is -1.94. The van der Waals surface area contributed by atoms with E-state index in [1.807, 2.05) is 6.07 Å². The fraction of sp³-hybridized carbons (Fsp3) is 0.375.